The normalized spacial score (nSPS) is 10.1. The standard InChI is InChI=1S/C16H14ClN3O6/c1-9-5-13(20(23)24)14(25-2)7-11(9)19-15(21)8-26-16(22)12-6-10(17)3-4-18-12/h3-7H,8H2,1-2H3,(H,19,21). The van der Waals surface area contributed by atoms with Crippen LogP contribution < -0.4 is 10.1 Å². The van der Waals surface area contributed by atoms with Gasteiger partial charge in [0.2, 0.25) is 0 Å². The van der Waals surface area contributed by atoms with Gasteiger partial charge in [0.15, 0.2) is 12.4 Å². The minimum absolute atomic E-state index is 0.00368. The van der Waals surface area contributed by atoms with Crippen molar-refractivity contribution < 1.29 is 24.0 Å². The number of hydrogen-bond acceptors (Lipinski definition) is 7. The molecule has 0 bridgehead atoms. The summed E-state index contributed by atoms with van der Waals surface area (Å²) in [6.45, 7) is 1.02. The second-order valence-electron chi connectivity index (χ2n) is 5.08. The highest BCUT2D eigenvalue weighted by molar-refractivity contribution is 6.30. The molecule has 0 saturated carbocycles. The summed E-state index contributed by atoms with van der Waals surface area (Å²) in [6, 6.07) is 5.41. The quantitative estimate of drug-likeness (QED) is 0.465. The Morgan fingerprint density at radius 1 is 1.35 bits per heavy atom. The van der Waals surface area contributed by atoms with Crippen LogP contribution in [0, 0.1) is 17.0 Å². The van der Waals surface area contributed by atoms with Gasteiger partial charge in [0.1, 0.15) is 5.69 Å². The summed E-state index contributed by atoms with van der Waals surface area (Å²) in [6.07, 6.45) is 1.34. The van der Waals surface area contributed by atoms with E-state index in [1.807, 2.05) is 0 Å². The number of nitro groups is 1. The predicted molar refractivity (Wildman–Crippen MR) is 92.5 cm³/mol. The van der Waals surface area contributed by atoms with Crippen LogP contribution in [0.3, 0.4) is 0 Å². The van der Waals surface area contributed by atoms with Crippen LogP contribution in [0.25, 0.3) is 0 Å². The lowest BCUT2D eigenvalue weighted by Crippen LogP contribution is -2.21. The Kier molecular flexibility index (Phi) is 6.07. The number of carbonyl (C=O) groups excluding carboxylic acids is 2. The van der Waals surface area contributed by atoms with E-state index in [9.17, 15) is 19.7 Å². The number of aryl methyl sites for hydroxylation is 1. The third-order valence-electron chi connectivity index (χ3n) is 3.26. The van der Waals surface area contributed by atoms with E-state index in [-0.39, 0.29) is 17.1 Å². The monoisotopic (exact) mass is 379 g/mol. The molecule has 1 aromatic carbocycles. The number of benzene rings is 1. The summed E-state index contributed by atoms with van der Waals surface area (Å²) < 4.78 is 9.82. The molecule has 1 N–H and O–H groups in total. The van der Waals surface area contributed by atoms with Gasteiger partial charge in [-0.25, -0.2) is 9.78 Å². The number of nitrogens with one attached hydrogen (secondary N) is 1. The van der Waals surface area contributed by atoms with E-state index in [1.54, 1.807) is 6.92 Å². The van der Waals surface area contributed by atoms with Gasteiger partial charge in [0, 0.05) is 29.0 Å². The van der Waals surface area contributed by atoms with E-state index < -0.39 is 23.4 Å². The lowest BCUT2D eigenvalue weighted by Gasteiger charge is -2.11. The van der Waals surface area contributed by atoms with Crippen molar-refractivity contribution in [3.63, 3.8) is 0 Å². The van der Waals surface area contributed by atoms with E-state index in [4.69, 9.17) is 21.1 Å². The number of pyridine rings is 1. The van der Waals surface area contributed by atoms with E-state index in [1.165, 1.54) is 37.6 Å². The van der Waals surface area contributed by atoms with Crippen LogP contribution in [0.2, 0.25) is 5.02 Å². The number of rotatable bonds is 6. The molecule has 0 saturated heterocycles. The number of ether oxygens (including phenoxy) is 2. The Bertz CT molecular complexity index is 871. The molecule has 9 nitrogen and oxygen atoms in total. The van der Waals surface area contributed by atoms with Crippen molar-refractivity contribution in [2.45, 2.75) is 6.92 Å². The van der Waals surface area contributed by atoms with E-state index in [0.717, 1.165) is 0 Å². The molecule has 1 aromatic heterocycles. The zero-order chi connectivity index (χ0) is 19.3. The zero-order valence-corrected chi connectivity index (χ0v) is 14.6. The molecule has 0 unspecified atom stereocenters. The maximum absolute atomic E-state index is 12.0. The Balaban J connectivity index is 2.03. The molecule has 0 aliphatic heterocycles. The van der Waals surface area contributed by atoms with Crippen LogP contribution >= 0.6 is 11.6 Å². The molecule has 0 atom stereocenters. The summed E-state index contributed by atoms with van der Waals surface area (Å²) in [7, 11) is 1.28. The minimum Gasteiger partial charge on any atom is -0.490 e. The van der Waals surface area contributed by atoms with E-state index in [0.29, 0.717) is 16.3 Å². The lowest BCUT2D eigenvalue weighted by atomic mass is 10.1. The molecule has 0 aliphatic rings. The highest BCUT2D eigenvalue weighted by atomic mass is 35.5. The van der Waals surface area contributed by atoms with E-state index >= 15 is 0 Å². The van der Waals surface area contributed by atoms with Gasteiger partial charge >= 0.3 is 11.7 Å². The van der Waals surface area contributed by atoms with Crippen LogP contribution in [-0.2, 0) is 9.53 Å². The number of carbonyl (C=O) groups is 2. The van der Waals surface area contributed by atoms with Crippen molar-refractivity contribution in [1.29, 1.82) is 0 Å². The number of nitrogens with zero attached hydrogens (tertiary/aromatic N) is 2. The molecular weight excluding hydrogens is 366 g/mol. The molecular formula is C16H14ClN3O6. The van der Waals surface area contributed by atoms with Crippen molar-refractivity contribution in [2.75, 3.05) is 19.0 Å². The Hall–Kier alpha value is -3.20. The number of anilines is 1. The number of nitro benzene ring substituents is 1. The van der Waals surface area contributed by atoms with Gasteiger partial charge in [-0.2, -0.15) is 0 Å². The van der Waals surface area contributed by atoms with Crippen LogP contribution in [0.15, 0.2) is 30.5 Å². The first-order chi connectivity index (χ1) is 12.3. The summed E-state index contributed by atoms with van der Waals surface area (Å²) in [4.78, 5) is 38.0. The smallest absolute Gasteiger partial charge is 0.357 e. The molecule has 2 rings (SSSR count). The number of esters is 1. The summed E-state index contributed by atoms with van der Waals surface area (Å²) in [5.41, 5.74) is 0.503. The third kappa shape index (κ3) is 4.67. The molecule has 26 heavy (non-hydrogen) atoms. The SMILES string of the molecule is COc1cc(NC(=O)COC(=O)c2cc(Cl)ccn2)c(C)cc1[N+](=O)[O-]. The summed E-state index contributed by atoms with van der Waals surface area (Å²) in [5, 5.41) is 13.8. The van der Waals surface area contributed by atoms with Gasteiger partial charge in [-0.1, -0.05) is 11.6 Å². The van der Waals surface area contributed by atoms with Crippen molar-refractivity contribution in [1.82, 2.24) is 4.98 Å². The third-order valence-corrected chi connectivity index (χ3v) is 3.50. The summed E-state index contributed by atoms with van der Waals surface area (Å²) in [5.74, 6) is -1.43. The van der Waals surface area contributed by atoms with Crippen LogP contribution in [0.4, 0.5) is 11.4 Å². The Morgan fingerprint density at radius 2 is 2.08 bits per heavy atom. The van der Waals surface area contributed by atoms with Crippen LogP contribution in [0.5, 0.6) is 5.75 Å². The van der Waals surface area contributed by atoms with Crippen molar-refractivity contribution >= 4 is 34.9 Å². The number of methoxy groups -OCH3 is 1. The minimum atomic E-state index is -0.805. The molecule has 0 aliphatic carbocycles. The molecule has 1 amide bonds. The Morgan fingerprint density at radius 3 is 2.69 bits per heavy atom. The fourth-order valence-electron chi connectivity index (χ4n) is 2.02. The van der Waals surface area contributed by atoms with E-state index in [2.05, 4.69) is 10.3 Å². The molecule has 136 valence electrons. The largest absolute Gasteiger partial charge is 0.490 e. The Labute approximate surface area is 153 Å². The topological polar surface area (TPSA) is 121 Å². The molecule has 1 heterocycles. The average Bonchev–Trinajstić information content (AvgIpc) is 2.60. The molecule has 2 aromatic rings. The first-order valence-electron chi connectivity index (χ1n) is 7.23. The van der Waals surface area contributed by atoms with Crippen LogP contribution in [0.1, 0.15) is 16.1 Å². The van der Waals surface area contributed by atoms with Gasteiger partial charge < -0.3 is 14.8 Å². The maximum Gasteiger partial charge on any atom is 0.357 e. The van der Waals surface area contributed by atoms with Gasteiger partial charge in [0.25, 0.3) is 5.91 Å². The maximum atomic E-state index is 12.0. The fourth-order valence-corrected chi connectivity index (χ4v) is 2.18. The molecule has 0 fully saturated rings. The number of halogens is 1. The number of aromatic nitrogens is 1. The molecule has 0 radical (unpaired) electrons. The van der Waals surface area contributed by atoms with Gasteiger partial charge in [-0.05, 0) is 24.6 Å². The highest BCUT2D eigenvalue weighted by Gasteiger charge is 2.19. The first kappa shape index (κ1) is 19.1. The number of amides is 1. The van der Waals surface area contributed by atoms with Gasteiger partial charge in [-0.15, -0.1) is 0 Å². The summed E-state index contributed by atoms with van der Waals surface area (Å²) >= 11 is 5.75. The van der Waals surface area contributed by atoms with Gasteiger partial charge in [-0.3, -0.25) is 14.9 Å². The fraction of sp³-hybridized carbons (Fsp3) is 0.188. The van der Waals surface area contributed by atoms with Crippen LogP contribution in [-0.4, -0.2) is 35.5 Å². The van der Waals surface area contributed by atoms with Crippen molar-refractivity contribution in [3.8, 4) is 5.75 Å². The van der Waals surface area contributed by atoms with Gasteiger partial charge in [0.05, 0.1) is 12.0 Å². The molecule has 0 spiro atoms. The second kappa shape index (κ2) is 8.26. The average molecular weight is 380 g/mol. The zero-order valence-electron chi connectivity index (χ0n) is 13.8. The predicted octanol–water partition coefficient (Wildman–Crippen LogP) is 2.76. The molecule has 10 heteroatoms. The lowest BCUT2D eigenvalue weighted by molar-refractivity contribution is -0.385. The van der Waals surface area contributed by atoms with Crippen molar-refractivity contribution in [3.05, 3.63) is 56.9 Å². The van der Waals surface area contributed by atoms with Crippen molar-refractivity contribution in [2.24, 2.45) is 0 Å². The highest BCUT2D eigenvalue weighted by Crippen LogP contribution is 2.32. The second-order valence-corrected chi connectivity index (χ2v) is 5.52. The number of hydrogen-bond donors (Lipinski definition) is 1. The first-order valence-corrected chi connectivity index (χ1v) is 7.61.